The van der Waals surface area contributed by atoms with Crippen LogP contribution < -0.4 is 0 Å². The van der Waals surface area contributed by atoms with Gasteiger partial charge < -0.3 is 0 Å². The van der Waals surface area contributed by atoms with Crippen molar-refractivity contribution in [2.24, 2.45) is 5.92 Å². The number of hydrogen-bond acceptors (Lipinski definition) is 0. The Morgan fingerprint density at radius 3 is 2.33 bits per heavy atom. The van der Waals surface area contributed by atoms with E-state index in [4.69, 9.17) is 0 Å². The van der Waals surface area contributed by atoms with E-state index in [9.17, 15) is 13.2 Å². The predicted molar refractivity (Wildman–Crippen MR) is 47.4 cm³/mol. The molecule has 72 valence electrons. The van der Waals surface area contributed by atoms with Gasteiger partial charge in [-0.3, -0.25) is 0 Å². The van der Waals surface area contributed by atoms with Crippen molar-refractivity contribution in [3.05, 3.63) is 12.7 Å². The number of alkyl halides is 4. The van der Waals surface area contributed by atoms with Crippen LogP contribution in [0.5, 0.6) is 0 Å². The van der Waals surface area contributed by atoms with Crippen LogP contribution in [-0.2, 0) is 0 Å². The molecule has 1 atom stereocenters. The van der Waals surface area contributed by atoms with E-state index >= 15 is 0 Å². The van der Waals surface area contributed by atoms with Gasteiger partial charge in [0.2, 0.25) is 0 Å². The van der Waals surface area contributed by atoms with Crippen LogP contribution in [0.25, 0.3) is 0 Å². The van der Waals surface area contributed by atoms with Gasteiger partial charge in [-0.15, -0.1) is 6.58 Å². The first-order valence-corrected chi connectivity index (χ1v) is 4.87. The maximum Gasteiger partial charge on any atom is 0.389 e. The monoisotopic (exact) mass is 244 g/mol. The molecule has 0 amide bonds. The molecule has 0 bridgehead atoms. The molecule has 1 unspecified atom stereocenters. The topological polar surface area (TPSA) is 0 Å². The molecule has 0 rings (SSSR count). The molecule has 0 aromatic heterocycles. The second-order valence-electron chi connectivity index (χ2n) is 2.66. The smallest absolute Gasteiger partial charge is 0.171 e. The highest BCUT2D eigenvalue weighted by atomic mass is 79.9. The van der Waals surface area contributed by atoms with Crippen molar-refractivity contribution in [2.75, 3.05) is 5.33 Å². The summed E-state index contributed by atoms with van der Waals surface area (Å²) in [7, 11) is 0. The summed E-state index contributed by atoms with van der Waals surface area (Å²) in [5, 5.41) is 0.689. The molecular weight excluding hydrogens is 233 g/mol. The van der Waals surface area contributed by atoms with Gasteiger partial charge in [0, 0.05) is 11.8 Å². The van der Waals surface area contributed by atoms with E-state index in [1.165, 1.54) is 0 Å². The Bertz CT molecular complexity index is 131. The molecule has 0 spiro atoms. The van der Waals surface area contributed by atoms with Gasteiger partial charge >= 0.3 is 6.18 Å². The molecule has 0 saturated carbocycles. The normalized spacial score (nSPS) is 14.3. The van der Waals surface area contributed by atoms with Crippen LogP contribution in [0.4, 0.5) is 13.2 Å². The fraction of sp³-hybridized carbons (Fsp3) is 0.750. The van der Waals surface area contributed by atoms with Crippen molar-refractivity contribution in [1.29, 1.82) is 0 Å². The highest BCUT2D eigenvalue weighted by Crippen LogP contribution is 2.24. The minimum atomic E-state index is -4.02. The van der Waals surface area contributed by atoms with E-state index in [0.717, 1.165) is 0 Å². The third-order valence-electron chi connectivity index (χ3n) is 1.57. The van der Waals surface area contributed by atoms with Crippen LogP contribution in [0.15, 0.2) is 12.7 Å². The molecule has 0 heterocycles. The Hall–Kier alpha value is 0.01000. The van der Waals surface area contributed by atoms with E-state index in [-0.39, 0.29) is 12.3 Å². The van der Waals surface area contributed by atoms with Gasteiger partial charge in [0.1, 0.15) is 0 Å². The van der Waals surface area contributed by atoms with Crippen LogP contribution in [0, 0.1) is 5.92 Å². The van der Waals surface area contributed by atoms with E-state index in [2.05, 4.69) is 22.5 Å². The van der Waals surface area contributed by atoms with Crippen molar-refractivity contribution < 1.29 is 13.2 Å². The molecular formula is C8H12BrF3. The van der Waals surface area contributed by atoms with E-state index in [0.29, 0.717) is 11.8 Å². The summed E-state index contributed by atoms with van der Waals surface area (Å²) < 4.78 is 35.0. The van der Waals surface area contributed by atoms with Crippen LogP contribution in [0.1, 0.15) is 19.3 Å². The standard InChI is InChI=1S/C8H12BrF3/c1-2-7(6-9)4-3-5-8(10,11)12/h2,7H,1,3-6H2. The van der Waals surface area contributed by atoms with Crippen molar-refractivity contribution in [3.63, 3.8) is 0 Å². The zero-order chi connectivity index (χ0) is 9.61. The highest BCUT2D eigenvalue weighted by molar-refractivity contribution is 9.09. The van der Waals surface area contributed by atoms with Crippen LogP contribution in [0.3, 0.4) is 0 Å². The van der Waals surface area contributed by atoms with E-state index in [1.807, 2.05) is 0 Å². The number of rotatable bonds is 5. The maximum absolute atomic E-state index is 11.7. The highest BCUT2D eigenvalue weighted by Gasteiger charge is 2.26. The summed E-state index contributed by atoms with van der Waals surface area (Å²) in [4.78, 5) is 0. The molecule has 0 aromatic rings. The van der Waals surface area contributed by atoms with Gasteiger partial charge in [0.05, 0.1) is 0 Å². The average Bonchev–Trinajstić information content (AvgIpc) is 1.96. The predicted octanol–water partition coefficient (Wildman–Crippen LogP) is 3.92. The lowest BCUT2D eigenvalue weighted by Crippen LogP contribution is -2.08. The maximum atomic E-state index is 11.7. The first-order chi connectivity index (χ1) is 5.49. The third-order valence-corrected chi connectivity index (χ3v) is 2.40. The van der Waals surface area contributed by atoms with Crippen molar-refractivity contribution in [1.82, 2.24) is 0 Å². The molecule has 0 saturated heterocycles. The molecule has 0 nitrogen and oxygen atoms in total. The molecule has 0 N–H and O–H groups in total. The summed E-state index contributed by atoms with van der Waals surface area (Å²) >= 11 is 3.20. The minimum Gasteiger partial charge on any atom is -0.171 e. The number of allylic oxidation sites excluding steroid dienone is 1. The van der Waals surface area contributed by atoms with Gasteiger partial charge in [-0.2, -0.15) is 13.2 Å². The summed E-state index contributed by atoms with van der Waals surface area (Å²) in [6.45, 7) is 3.54. The largest absolute Gasteiger partial charge is 0.389 e. The molecule has 0 aliphatic carbocycles. The summed E-state index contributed by atoms with van der Waals surface area (Å²) in [5.41, 5.74) is 0. The lowest BCUT2D eigenvalue weighted by molar-refractivity contribution is -0.135. The van der Waals surface area contributed by atoms with Crippen molar-refractivity contribution in [3.8, 4) is 0 Å². The molecule has 0 fully saturated rings. The molecule has 0 radical (unpaired) electrons. The van der Waals surface area contributed by atoms with Crippen molar-refractivity contribution >= 4 is 15.9 Å². The zero-order valence-corrected chi connectivity index (χ0v) is 8.29. The van der Waals surface area contributed by atoms with Gasteiger partial charge in [0.15, 0.2) is 0 Å². The van der Waals surface area contributed by atoms with Gasteiger partial charge in [0.25, 0.3) is 0 Å². The Morgan fingerprint density at radius 1 is 1.42 bits per heavy atom. The van der Waals surface area contributed by atoms with Crippen molar-refractivity contribution in [2.45, 2.75) is 25.4 Å². The molecule has 12 heavy (non-hydrogen) atoms. The Kier molecular flexibility index (Phi) is 5.63. The zero-order valence-electron chi connectivity index (χ0n) is 6.70. The summed E-state index contributed by atoms with van der Waals surface area (Å²) in [6.07, 6.45) is -2.28. The molecule has 0 aliphatic heterocycles. The fourth-order valence-electron chi connectivity index (χ4n) is 0.823. The van der Waals surface area contributed by atoms with Crippen LogP contribution in [0.2, 0.25) is 0 Å². The second kappa shape index (κ2) is 5.62. The van der Waals surface area contributed by atoms with Gasteiger partial charge in [-0.05, 0) is 18.8 Å². The molecule has 0 aliphatic rings. The Balaban J connectivity index is 3.48. The SMILES string of the molecule is C=CC(CBr)CCCC(F)(F)F. The number of halogens is 4. The average molecular weight is 245 g/mol. The molecule has 0 aromatic carbocycles. The summed E-state index contributed by atoms with van der Waals surface area (Å²) in [6, 6.07) is 0. The quantitative estimate of drug-likeness (QED) is 0.508. The second-order valence-corrected chi connectivity index (χ2v) is 3.30. The minimum absolute atomic E-state index is 0.160. The third kappa shape index (κ3) is 6.70. The molecule has 4 heteroatoms. The van der Waals surface area contributed by atoms with E-state index in [1.54, 1.807) is 6.08 Å². The van der Waals surface area contributed by atoms with Gasteiger partial charge in [-0.25, -0.2) is 0 Å². The van der Waals surface area contributed by atoms with Crippen LogP contribution in [-0.4, -0.2) is 11.5 Å². The Morgan fingerprint density at radius 2 is 2.00 bits per heavy atom. The fourth-order valence-corrected chi connectivity index (χ4v) is 1.41. The van der Waals surface area contributed by atoms with Crippen LogP contribution >= 0.6 is 15.9 Å². The lowest BCUT2D eigenvalue weighted by atomic mass is 10.0. The first-order valence-electron chi connectivity index (χ1n) is 3.75. The summed E-state index contributed by atoms with van der Waals surface area (Å²) in [5.74, 6) is 0.160. The lowest BCUT2D eigenvalue weighted by Gasteiger charge is -2.09. The number of hydrogen-bond donors (Lipinski definition) is 0. The first kappa shape index (κ1) is 12.0. The van der Waals surface area contributed by atoms with Gasteiger partial charge in [-0.1, -0.05) is 22.0 Å². The van der Waals surface area contributed by atoms with E-state index < -0.39 is 12.6 Å². The Labute approximate surface area is 79.0 Å².